The number of carbonyl (C=O) groups excluding carboxylic acids is 1. The number of carbonyl (C=O) groups is 1. The molecule has 1 aliphatic rings. The van der Waals surface area contributed by atoms with Crippen molar-refractivity contribution in [3.63, 3.8) is 0 Å². The second kappa shape index (κ2) is 8.49. The highest BCUT2D eigenvalue weighted by molar-refractivity contribution is 7.09. The van der Waals surface area contributed by atoms with Crippen LogP contribution in [0.15, 0.2) is 35.7 Å². The lowest BCUT2D eigenvalue weighted by Crippen LogP contribution is -2.41. The Morgan fingerprint density at radius 2 is 2.04 bits per heavy atom. The number of amides is 1. The number of likely N-dealkylation sites (tertiary alicyclic amines) is 1. The summed E-state index contributed by atoms with van der Waals surface area (Å²) in [4.78, 5) is 18.9. The van der Waals surface area contributed by atoms with Gasteiger partial charge in [0, 0.05) is 30.1 Å². The number of rotatable bonds is 5. The summed E-state index contributed by atoms with van der Waals surface area (Å²) in [6, 6.07) is 7.78. The van der Waals surface area contributed by atoms with Gasteiger partial charge in [0.15, 0.2) is 0 Å². The second-order valence-electron chi connectivity index (χ2n) is 7.21. The van der Waals surface area contributed by atoms with E-state index in [0.29, 0.717) is 18.4 Å². The molecule has 2 aromatic rings. The predicted octanol–water partition coefficient (Wildman–Crippen LogP) is 4.55. The number of ether oxygens (including phenoxy) is 1. The molecule has 0 radical (unpaired) electrons. The van der Waals surface area contributed by atoms with Crippen LogP contribution in [0.4, 0.5) is 0 Å². The van der Waals surface area contributed by atoms with Crippen LogP contribution in [0.3, 0.4) is 0 Å². The summed E-state index contributed by atoms with van der Waals surface area (Å²) in [5.41, 5.74) is 1.84. The molecule has 2 heterocycles. The number of hydrogen-bond acceptors (Lipinski definition) is 4. The lowest BCUT2D eigenvalue weighted by atomic mass is 9.92. The highest BCUT2D eigenvalue weighted by Crippen LogP contribution is 2.23. The molecular formula is C21H26N2O2S. The molecule has 4 nitrogen and oxygen atoms in total. The molecule has 1 aromatic heterocycles. The average molecular weight is 371 g/mol. The molecule has 2 atom stereocenters. The SMILES string of the molecule is Cc1nc(COc2ccccc2/C=C/C(=O)N2C[C@H](C)C[C@@H](C)C2)cs1. The van der Waals surface area contributed by atoms with Crippen LogP contribution in [0, 0.1) is 18.8 Å². The molecule has 1 aliphatic heterocycles. The van der Waals surface area contributed by atoms with E-state index in [0.717, 1.165) is 35.1 Å². The molecule has 1 amide bonds. The van der Waals surface area contributed by atoms with E-state index in [1.807, 2.05) is 47.5 Å². The lowest BCUT2D eigenvalue weighted by Gasteiger charge is -2.34. The quantitative estimate of drug-likeness (QED) is 0.725. The fourth-order valence-corrected chi connectivity index (χ4v) is 4.08. The van der Waals surface area contributed by atoms with E-state index in [9.17, 15) is 4.79 Å². The largest absolute Gasteiger partial charge is 0.487 e. The van der Waals surface area contributed by atoms with Crippen molar-refractivity contribution >= 4 is 23.3 Å². The maximum atomic E-state index is 12.5. The summed E-state index contributed by atoms with van der Waals surface area (Å²) in [7, 11) is 0. The first-order valence-electron chi connectivity index (χ1n) is 9.11. The number of benzene rings is 1. The van der Waals surface area contributed by atoms with Crippen molar-refractivity contribution < 1.29 is 9.53 Å². The topological polar surface area (TPSA) is 42.4 Å². The van der Waals surface area contributed by atoms with Crippen molar-refractivity contribution in [1.82, 2.24) is 9.88 Å². The first-order valence-corrected chi connectivity index (χ1v) is 9.99. The van der Waals surface area contributed by atoms with Gasteiger partial charge in [0.05, 0.1) is 10.7 Å². The Hall–Kier alpha value is -2.14. The molecule has 1 aromatic carbocycles. The number of hydrogen-bond donors (Lipinski definition) is 0. The van der Waals surface area contributed by atoms with Gasteiger partial charge in [-0.25, -0.2) is 4.98 Å². The summed E-state index contributed by atoms with van der Waals surface area (Å²) < 4.78 is 5.92. The summed E-state index contributed by atoms with van der Waals surface area (Å²) in [6.07, 6.45) is 4.72. The van der Waals surface area contributed by atoms with E-state index >= 15 is 0 Å². The van der Waals surface area contributed by atoms with Gasteiger partial charge < -0.3 is 9.64 Å². The molecule has 26 heavy (non-hydrogen) atoms. The Morgan fingerprint density at radius 3 is 2.73 bits per heavy atom. The lowest BCUT2D eigenvalue weighted by molar-refractivity contribution is -0.128. The zero-order valence-electron chi connectivity index (χ0n) is 15.6. The van der Waals surface area contributed by atoms with E-state index in [1.165, 1.54) is 6.42 Å². The third-order valence-corrected chi connectivity index (χ3v) is 5.37. The van der Waals surface area contributed by atoms with Gasteiger partial charge in [-0.05, 0) is 37.3 Å². The fraction of sp³-hybridized carbons (Fsp3) is 0.429. The van der Waals surface area contributed by atoms with Crippen molar-refractivity contribution in [2.75, 3.05) is 13.1 Å². The molecule has 1 fully saturated rings. The molecule has 1 saturated heterocycles. The first kappa shape index (κ1) is 18.6. The fourth-order valence-electron chi connectivity index (χ4n) is 3.49. The van der Waals surface area contributed by atoms with Crippen LogP contribution in [-0.2, 0) is 11.4 Å². The normalized spacial score (nSPS) is 20.5. The van der Waals surface area contributed by atoms with Crippen LogP contribution in [0.2, 0.25) is 0 Å². The Kier molecular flexibility index (Phi) is 6.09. The molecule has 138 valence electrons. The zero-order chi connectivity index (χ0) is 18.5. The molecule has 0 aliphatic carbocycles. The third-order valence-electron chi connectivity index (χ3n) is 4.55. The summed E-state index contributed by atoms with van der Waals surface area (Å²) >= 11 is 1.62. The number of para-hydroxylation sites is 1. The Balaban J connectivity index is 1.65. The Labute approximate surface area is 159 Å². The summed E-state index contributed by atoms with van der Waals surface area (Å²) in [5, 5.41) is 3.04. The standard InChI is InChI=1S/C21H26N2O2S/c1-15-10-16(2)12-23(11-15)21(24)9-8-18-6-4-5-7-20(18)25-13-19-14-26-17(3)22-19/h4-9,14-16H,10-13H2,1-3H3/b9-8+/t15-,16-/m1/s1. The highest BCUT2D eigenvalue weighted by Gasteiger charge is 2.24. The van der Waals surface area contributed by atoms with Gasteiger partial charge in [0.1, 0.15) is 12.4 Å². The highest BCUT2D eigenvalue weighted by atomic mass is 32.1. The van der Waals surface area contributed by atoms with Crippen LogP contribution in [0.1, 0.15) is 36.5 Å². The molecule has 0 bridgehead atoms. The van der Waals surface area contributed by atoms with E-state index < -0.39 is 0 Å². The van der Waals surface area contributed by atoms with Gasteiger partial charge in [-0.2, -0.15) is 0 Å². The van der Waals surface area contributed by atoms with Crippen molar-refractivity contribution in [2.45, 2.75) is 33.8 Å². The molecule has 0 saturated carbocycles. The number of aryl methyl sites for hydroxylation is 1. The zero-order valence-corrected chi connectivity index (χ0v) is 16.5. The van der Waals surface area contributed by atoms with Gasteiger partial charge >= 0.3 is 0 Å². The molecule has 0 unspecified atom stereocenters. The molecule has 5 heteroatoms. The van der Waals surface area contributed by atoms with Crippen LogP contribution in [0.25, 0.3) is 6.08 Å². The number of thiazole rings is 1. The van der Waals surface area contributed by atoms with E-state index in [2.05, 4.69) is 18.8 Å². The maximum Gasteiger partial charge on any atom is 0.246 e. The second-order valence-corrected chi connectivity index (χ2v) is 8.27. The first-order chi connectivity index (χ1) is 12.5. The van der Waals surface area contributed by atoms with E-state index in [1.54, 1.807) is 17.4 Å². The smallest absolute Gasteiger partial charge is 0.246 e. The minimum atomic E-state index is 0.0772. The minimum Gasteiger partial charge on any atom is -0.487 e. The van der Waals surface area contributed by atoms with Crippen molar-refractivity contribution in [3.05, 3.63) is 52.0 Å². The molecule has 3 rings (SSSR count). The third kappa shape index (κ3) is 4.94. The predicted molar refractivity (Wildman–Crippen MR) is 106 cm³/mol. The van der Waals surface area contributed by atoms with Gasteiger partial charge in [-0.3, -0.25) is 4.79 Å². The minimum absolute atomic E-state index is 0.0772. The van der Waals surface area contributed by atoms with Crippen LogP contribution in [-0.4, -0.2) is 28.9 Å². The molecule has 0 N–H and O–H groups in total. The van der Waals surface area contributed by atoms with E-state index in [4.69, 9.17) is 4.74 Å². The Morgan fingerprint density at radius 1 is 1.31 bits per heavy atom. The van der Waals surface area contributed by atoms with Gasteiger partial charge in [0.2, 0.25) is 5.91 Å². The Bertz CT molecular complexity index is 774. The summed E-state index contributed by atoms with van der Waals surface area (Å²) in [6.45, 7) is 8.53. The average Bonchev–Trinajstić information content (AvgIpc) is 3.03. The van der Waals surface area contributed by atoms with Crippen molar-refractivity contribution in [2.24, 2.45) is 11.8 Å². The van der Waals surface area contributed by atoms with Gasteiger partial charge in [0.25, 0.3) is 0 Å². The van der Waals surface area contributed by atoms with Crippen molar-refractivity contribution in [1.29, 1.82) is 0 Å². The van der Waals surface area contributed by atoms with Crippen LogP contribution < -0.4 is 4.74 Å². The maximum absolute atomic E-state index is 12.5. The molecular weight excluding hydrogens is 344 g/mol. The number of aromatic nitrogens is 1. The van der Waals surface area contributed by atoms with Gasteiger partial charge in [-0.1, -0.05) is 32.0 Å². The van der Waals surface area contributed by atoms with Crippen LogP contribution >= 0.6 is 11.3 Å². The van der Waals surface area contributed by atoms with Crippen LogP contribution in [0.5, 0.6) is 5.75 Å². The number of piperidine rings is 1. The summed E-state index contributed by atoms with van der Waals surface area (Å²) in [5.74, 6) is 1.97. The molecule has 0 spiro atoms. The van der Waals surface area contributed by atoms with Crippen molar-refractivity contribution in [3.8, 4) is 5.75 Å². The van der Waals surface area contributed by atoms with Gasteiger partial charge in [-0.15, -0.1) is 11.3 Å². The monoisotopic (exact) mass is 370 g/mol. The van der Waals surface area contributed by atoms with E-state index in [-0.39, 0.29) is 5.91 Å². The number of nitrogens with zero attached hydrogens (tertiary/aromatic N) is 2.